The smallest absolute Gasteiger partial charge is 0.306 e. The summed E-state index contributed by atoms with van der Waals surface area (Å²) in [4.78, 5) is 38.0. The first kappa shape index (κ1) is 69.6. The summed E-state index contributed by atoms with van der Waals surface area (Å²) in [5, 5.41) is 0. The highest BCUT2D eigenvalue weighted by atomic mass is 16.6. The first-order valence-corrected chi connectivity index (χ1v) is 31.1. The van der Waals surface area contributed by atoms with Crippen LogP contribution >= 0.6 is 0 Å². The van der Waals surface area contributed by atoms with E-state index in [1.165, 1.54) is 161 Å². The van der Waals surface area contributed by atoms with Crippen molar-refractivity contribution >= 4 is 17.9 Å². The Bertz CT molecular complexity index is 1400. The van der Waals surface area contributed by atoms with Gasteiger partial charge in [-0.15, -0.1) is 0 Å². The molecule has 0 saturated heterocycles. The van der Waals surface area contributed by atoms with E-state index in [0.717, 1.165) is 103 Å². The van der Waals surface area contributed by atoms with Crippen molar-refractivity contribution in [2.45, 2.75) is 309 Å². The molecule has 0 radical (unpaired) electrons. The highest BCUT2D eigenvalue weighted by Crippen LogP contribution is 2.16. The third-order valence-electron chi connectivity index (χ3n) is 13.4. The summed E-state index contributed by atoms with van der Waals surface area (Å²) in [6.45, 7) is 6.50. The summed E-state index contributed by atoms with van der Waals surface area (Å²) in [6.07, 6.45) is 80.3. The number of unbranched alkanes of at least 4 members (excludes halogenated alkanes) is 31. The Morgan fingerprint density at radius 3 is 0.849 bits per heavy atom. The average molecular weight is 1020 g/mol. The molecule has 1 unspecified atom stereocenters. The van der Waals surface area contributed by atoms with Gasteiger partial charge in [-0.1, -0.05) is 273 Å². The number of hydrogen-bond donors (Lipinski definition) is 0. The Morgan fingerprint density at radius 1 is 0.288 bits per heavy atom. The molecule has 0 aliphatic carbocycles. The fraction of sp³-hybridized carbons (Fsp3) is 0.746. The molecule has 420 valence electrons. The first-order chi connectivity index (χ1) is 36.0. The van der Waals surface area contributed by atoms with Crippen molar-refractivity contribution < 1.29 is 28.6 Å². The fourth-order valence-corrected chi connectivity index (χ4v) is 8.74. The minimum atomic E-state index is -0.778. The second-order valence-electron chi connectivity index (χ2n) is 20.6. The molecule has 0 fully saturated rings. The van der Waals surface area contributed by atoms with Crippen LogP contribution in [0, 0.1) is 0 Å². The normalized spacial score (nSPS) is 12.6. The van der Waals surface area contributed by atoms with E-state index in [-0.39, 0.29) is 31.1 Å². The van der Waals surface area contributed by atoms with Crippen LogP contribution in [0.5, 0.6) is 0 Å². The number of rotatable bonds is 56. The number of ether oxygens (including phenoxy) is 3. The Kier molecular flexibility index (Phi) is 58.3. The molecule has 0 aliphatic rings. The summed E-state index contributed by atoms with van der Waals surface area (Å²) in [5.74, 6) is -0.886. The fourth-order valence-electron chi connectivity index (χ4n) is 8.74. The van der Waals surface area contributed by atoms with Gasteiger partial charge in [0.25, 0.3) is 0 Å². The summed E-state index contributed by atoms with van der Waals surface area (Å²) in [6, 6.07) is 0. The van der Waals surface area contributed by atoms with E-state index < -0.39 is 6.10 Å². The van der Waals surface area contributed by atoms with Crippen molar-refractivity contribution in [3.63, 3.8) is 0 Å². The molecule has 0 amide bonds. The maximum absolute atomic E-state index is 12.8. The van der Waals surface area contributed by atoms with Gasteiger partial charge in [-0.3, -0.25) is 14.4 Å². The van der Waals surface area contributed by atoms with Gasteiger partial charge in [-0.25, -0.2) is 0 Å². The minimum Gasteiger partial charge on any atom is -0.462 e. The van der Waals surface area contributed by atoms with Crippen LogP contribution in [0.2, 0.25) is 0 Å². The molecule has 0 N–H and O–H groups in total. The van der Waals surface area contributed by atoms with E-state index in [4.69, 9.17) is 14.2 Å². The summed E-state index contributed by atoms with van der Waals surface area (Å²) >= 11 is 0. The number of carbonyl (C=O) groups excluding carboxylic acids is 3. The zero-order valence-corrected chi connectivity index (χ0v) is 48.1. The maximum atomic E-state index is 12.8. The van der Waals surface area contributed by atoms with E-state index in [1.54, 1.807) is 0 Å². The lowest BCUT2D eigenvalue weighted by Crippen LogP contribution is -2.30. The van der Waals surface area contributed by atoms with Crippen molar-refractivity contribution in [1.82, 2.24) is 0 Å². The van der Waals surface area contributed by atoms with Gasteiger partial charge in [0, 0.05) is 19.3 Å². The van der Waals surface area contributed by atoms with Gasteiger partial charge in [0.2, 0.25) is 0 Å². The van der Waals surface area contributed by atoms with Crippen molar-refractivity contribution in [2.75, 3.05) is 13.2 Å². The molecule has 0 saturated carbocycles. The lowest BCUT2D eigenvalue weighted by Gasteiger charge is -2.18. The van der Waals surface area contributed by atoms with Gasteiger partial charge in [0.05, 0.1) is 0 Å². The quantitative estimate of drug-likeness (QED) is 0.0261. The second-order valence-corrected chi connectivity index (χ2v) is 20.6. The van der Waals surface area contributed by atoms with Gasteiger partial charge >= 0.3 is 17.9 Å². The lowest BCUT2D eigenvalue weighted by atomic mass is 10.1. The maximum Gasteiger partial charge on any atom is 0.306 e. The lowest BCUT2D eigenvalue weighted by molar-refractivity contribution is -0.167. The highest BCUT2D eigenvalue weighted by Gasteiger charge is 2.19. The van der Waals surface area contributed by atoms with Crippen molar-refractivity contribution in [2.24, 2.45) is 0 Å². The van der Waals surface area contributed by atoms with Gasteiger partial charge in [0.15, 0.2) is 6.10 Å². The van der Waals surface area contributed by atoms with Crippen LogP contribution in [0.15, 0.2) is 85.1 Å². The second kappa shape index (κ2) is 61.1. The largest absolute Gasteiger partial charge is 0.462 e. The van der Waals surface area contributed by atoms with E-state index in [0.29, 0.717) is 19.3 Å². The number of allylic oxidation sites excluding steroid dienone is 14. The standard InChI is InChI=1S/C67H116O6/c1-4-7-10-13-16-18-20-22-24-26-28-30-31-32-33-34-35-37-38-40-42-44-46-48-51-54-57-60-66(69)72-63-64(62-71-65(68)59-56-53-50-15-12-9-6-3)73-67(70)61-58-55-52-49-47-45-43-41-39-36-29-27-25-23-21-19-17-14-11-8-5-2/h7,10,16,18,22,24,27-30,32-33,35,37,64H,4-6,8-9,11-15,17,19-21,23,25-26,31,34,36,38-63H2,1-3H3/b10-7-,18-16-,24-22-,29-27-,30-28-,33-32-,37-35-. The van der Waals surface area contributed by atoms with Gasteiger partial charge in [0.1, 0.15) is 13.2 Å². The van der Waals surface area contributed by atoms with Crippen LogP contribution < -0.4 is 0 Å². The molecule has 0 heterocycles. The average Bonchev–Trinajstić information content (AvgIpc) is 3.39. The number of carbonyl (C=O) groups is 3. The molecule has 6 heteroatoms. The molecule has 0 aliphatic heterocycles. The van der Waals surface area contributed by atoms with Crippen LogP contribution in [-0.4, -0.2) is 37.2 Å². The Hall–Kier alpha value is -3.41. The predicted molar refractivity (Wildman–Crippen MR) is 316 cm³/mol. The molecule has 6 nitrogen and oxygen atoms in total. The monoisotopic (exact) mass is 1020 g/mol. The van der Waals surface area contributed by atoms with E-state index in [9.17, 15) is 14.4 Å². The third kappa shape index (κ3) is 59.3. The first-order valence-electron chi connectivity index (χ1n) is 31.1. The SMILES string of the molecule is CC/C=C\C/C=C\C/C=C\C/C=C\C/C=C\C/C=C\CCCCCCCCCCC(=O)OCC(COC(=O)CCCCCCCCC)OC(=O)CCCCCCCCCCC/C=C\CCCCCCCCCC. The molecule has 73 heavy (non-hydrogen) atoms. The molecular formula is C67H116O6. The minimum absolute atomic E-state index is 0.0780. The van der Waals surface area contributed by atoms with Crippen LogP contribution in [0.3, 0.4) is 0 Å². The Balaban J connectivity index is 4.17. The Morgan fingerprint density at radius 2 is 0.534 bits per heavy atom. The van der Waals surface area contributed by atoms with Crippen LogP contribution in [0.1, 0.15) is 303 Å². The topological polar surface area (TPSA) is 78.9 Å². The van der Waals surface area contributed by atoms with Crippen molar-refractivity contribution in [3.05, 3.63) is 85.1 Å². The molecule has 0 aromatic carbocycles. The third-order valence-corrected chi connectivity index (χ3v) is 13.4. The van der Waals surface area contributed by atoms with Crippen LogP contribution in [0.4, 0.5) is 0 Å². The molecule has 1 atom stereocenters. The predicted octanol–water partition coefficient (Wildman–Crippen LogP) is 21.1. The molecule has 0 aromatic heterocycles. The number of esters is 3. The number of hydrogen-bond acceptors (Lipinski definition) is 6. The van der Waals surface area contributed by atoms with E-state index in [2.05, 4.69) is 106 Å². The summed E-state index contributed by atoms with van der Waals surface area (Å²) < 4.78 is 16.8. The van der Waals surface area contributed by atoms with Crippen molar-refractivity contribution in [1.29, 1.82) is 0 Å². The highest BCUT2D eigenvalue weighted by molar-refractivity contribution is 5.71. The van der Waals surface area contributed by atoms with Gasteiger partial charge in [-0.05, 0) is 96.3 Å². The molecule has 0 spiro atoms. The zero-order valence-electron chi connectivity index (χ0n) is 48.1. The van der Waals surface area contributed by atoms with Crippen LogP contribution in [0.25, 0.3) is 0 Å². The molecule has 0 aromatic rings. The van der Waals surface area contributed by atoms with E-state index >= 15 is 0 Å². The molecule has 0 rings (SSSR count). The summed E-state index contributed by atoms with van der Waals surface area (Å²) in [5.41, 5.74) is 0. The molecule has 0 bridgehead atoms. The van der Waals surface area contributed by atoms with Gasteiger partial charge < -0.3 is 14.2 Å². The zero-order chi connectivity index (χ0) is 52.9. The van der Waals surface area contributed by atoms with Crippen molar-refractivity contribution in [3.8, 4) is 0 Å². The van der Waals surface area contributed by atoms with Gasteiger partial charge in [-0.2, -0.15) is 0 Å². The Labute approximate surface area is 452 Å². The molecular weight excluding hydrogens is 901 g/mol. The summed E-state index contributed by atoms with van der Waals surface area (Å²) in [7, 11) is 0. The van der Waals surface area contributed by atoms with E-state index in [1.807, 2.05) is 0 Å². The van der Waals surface area contributed by atoms with Crippen LogP contribution in [-0.2, 0) is 28.6 Å².